The van der Waals surface area contributed by atoms with Crippen LogP contribution in [0.3, 0.4) is 0 Å². The van der Waals surface area contributed by atoms with Gasteiger partial charge in [0.05, 0.1) is 11.9 Å². The fourth-order valence-electron chi connectivity index (χ4n) is 3.50. The Hall–Kier alpha value is -3.58. The molecular formula is C22H17ClN4O3. The van der Waals surface area contributed by atoms with Gasteiger partial charge in [-0.2, -0.15) is 5.10 Å². The summed E-state index contributed by atoms with van der Waals surface area (Å²) in [6.45, 7) is 2.48. The molecule has 0 aliphatic carbocycles. The smallest absolute Gasteiger partial charge is 0.248 e. The first-order valence-electron chi connectivity index (χ1n) is 9.38. The molecule has 0 spiro atoms. The van der Waals surface area contributed by atoms with Gasteiger partial charge in [0.1, 0.15) is 24.6 Å². The van der Waals surface area contributed by atoms with E-state index in [1.54, 1.807) is 29.1 Å². The van der Waals surface area contributed by atoms with E-state index < -0.39 is 0 Å². The van der Waals surface area contributed by atoms with E-state index >= 15 is 0 Å². The Kier molecular flexibility index (Phi) is 4.52. The highest BCUT2D eigenvalue weighted by Crippen LogP contribution is 2.38. The lowest BCUT2D eigenvalue weighted by molar-refractivity contribution is -0.117. The summed E-state index contributed by atoms with van der Waals surface area (Å²) >= 11 is 6.02. The standard InChI is InChI=1S/C22H17ClN4O3/c1-13-5-6-19-17(7-13)22-15(12-29-19)10-24-27(22)11-20(28)25-21-9-18(26-30-21)14-3-2-4-16(23)8-14/h2-10H,11-12H2,1H3,(H,25,28). The SMILES string of the molecule is Cc1ccc2c(c1)-c1c(cnn1CC(=O)Nc1cc(-c3cccc(Cl)c3)no1)CO2. The van der Waals surface area contributed by atoms with Gasteiger partial charge in [0, 0.05) is 27.8 Å². The van der Waals surface area contributed by atoms with Crippen molar-refractivity contribution in [3.8, 4) is 28.3 Å². The van der Waals surface area contributed by atoms with E-state index in [2.05, 4.69) is 15.6 Å². The van der Waals surface area contributed by atoms with Gasteiger partial charge in [-0.25, -0.2) is 0 Å². The van der Waals surface area contributed by atoms with Gasteiger partial charge in [0.2, 0.25) is 11.8 Å². The summed E-state index contributed by atoms with van der Waals surface area (Å²) in [6, 6.07) is 14.9. The number of aromatic nitrogens is 3. The molecular weight excluding hydrogens is 404 g/mol. The molecule has 0 atom stereocenters. The quantitative estimate of drug-likeness (QED) is 0.517. The first-order chi connectivity index (χ1) is 14.6. The number of amides is 1. The summed E-state index contributed by atoms with van der Waals surface area (Å²) in [5.41, 5.74) is 5.28. The minimum absolute atomic E-state index is 0.0376. The van der Waals surface area contributed by atoms with Gasteiger partial charge in [0.15, 0.2) is 0 Å². The maximum Gasteiger partial charge on any atom is 0.248 e. The summed E-state index contributed by atoms with van der Waals surface area (Å²) in [5, 5.41) is 11.7. The Morgan fingerprint density at radius 2 is 2.13 bits per heavy atom. The Morgan fingerprint density at radius 3 is 3.00 bits per heavy atom. The summed E-state index contributed by atoms with van der Waals surface area (Å²) in [7, 11) is 0. The number of benzene rings is 2. The maximum atomic E-state index is 12.6. The first-order valence-corrected chi connectivity index (χ1v) is 9.75. The van der Waals surface area contributed by atoms with Gasteiger partial charge in [-0.05, 0) is 31.2 Å². The number of nitrogens with one attached hydrogen (secondary N) is 1. The van der Waals surface area contributed by atoms with Crippen LogP contribution in [0.4, 0.5) is 5.88 Å². The predicted molar refractivity (Wildman–Crippen MR) is 112 cm³/mol. The van der Waals surface area contributed by atoms with Crippen LogP contribution in [0.1, 0.15) is 11.1 Å². The molecule has 0 fully saturated rings. The van der Waals surface area contributed by atoms with Crippen molar-refractivity contribution in [2.75, 3.05) is 5.32 Å². The number of ether oxygens (including phenoxy) is 1. The van der Waals surface area contributed by atoms with Crippen LogP contribution in [0, 0.1) is 6.92 Å². The fourth-order valence-corrected chi connectivity index (χ4v) is 3.69. The monoisotopic (exact) mass is 420 g/mol. The van der Waals surface area contributed by atoms with Crippen molar-refractivity contribution in [3.05, 3.63) is 70.9 Å². The van der Waals surface area contributed by atoms with Crippen LogP contribution in [-0.2, 0) is 17.9 Å². The summed E-state index contributed by atoms with van der Waals surface area (Å²) < 4.78 is 12.7. The molecule has 0 bridgehead atoms. The molecule has 8 heteroatoms. The molecule has 0 radical (unpaired) electrons. The van der Waals surface area contributed by atoms with Crippen LogP contribution >= 0.6 is 11.6 Å². The zero-order chi connectivity index (χ0) is 20.7. The van der Waals surface area contributed by atoms with Gasteiger partial charge in [-0.15, -0.1) is 0 Å². The van der Waals surface area contributed by atoms with Crippen LogP contribution in [-0.4, -0.2) is 20.8 Å². The van der Waals surface area contributed by atoms with E-state index in [9.17, 15) is 4.79 Å². The summed E-state index contributed by atoms with van der Waals surface area (Å²) in [5.74, 6) is 0.780. The number of halogens is 1. The number of carbonyl (C=O) groups excluding carboxylic acids is 1. The number of rotatable bonds is 4. The Morgan fingerprint density at radius 1 is 1.23 bits per heavy atom. The second-order valence-electron chi connectivity index (χ2n) is 7.10. The molecule has 1 N–H and O–H groups in total. The van der Waals surface area contributed by atoms with Crippen molar-refractivity contribution in [1.29, 1.82) is 0 Å². The second kappa shape index (κ2) is 7.35. The zero-order valence-electron chi connectivity index (χ0n) is 16.1. The summed E-state index contributed by atoms with van der Waals surface area (Å²) in [4.78, 5) is 12.6. The number of carbonyl (C=O) groups is 1. The number of fused-ring (bicyclic) bond motifs is 3. The number of hydrogen-bond donors (Lipinski definition) is 1. The second-order valence-corrected chi connectivity index (χ2v) is 7.54. The molecule has 5 rings (SSSR count). The van der Waals surface area contributed by atoms with Crippen molar-refractivity contribution in [1.82, 2.24) is 14.9 Å². The molecule has 0 unspecified atom stereocenters. The minimum Gasteiger partial charge on any atom is -0.488 e. The van der Waals surface area contributed by atoms with Crippen molar-refractivity contribution >= 4 is 23.4 Å². The highest BCUT2D eigenvalue weighted by atomic mass is 35.5. The average Bonchev–Trinajstić information content (AvgIpc) is 3.35. The van der Waals surface area contributed by atoms with Crippen molar-refractivity contribution in [2.24, 2.45) is 0 Å². The van der Waals surface area contributed by atoms with Crippen LogP contribution in [0.5, 0.6) is 5.75 Å². The predicted octanol–water partition coefficient (Wildman–Crippen LogP) is 4.70. The third-order valence-corrected chi connectivity index (χ3v) is 5.11. The highest BCUT2D eigenvalue weighted by molar-refractivity contribution is 6.30. The van der Waals surface area contributed by atoms with Crippen molar-refractivity contribution in [2.45, 2.75) is 20.1 Å². The van der Waals surface area contributed by atoms with Crippen LogP contribution in [0.2, 0.25) is 5.02 Å². The Bertz CT molecular complexity index is 1260. The molecule has 0 saturated carbocycles. The van der Waals surface area contributed by atoms with Gasteiger partial charge < -0.3 is 9.26 Å². The average molecular weight is 421 g/mol. The molecule has 1 aliphatic heterocycles. The third-order valence-electron chi connectivity index (χ3n) is 4.88. The largest absolute Gasteiger partial charge is 0.488 e. The molecule has 1 aliphatic rings. The number of anilines is 1. The van der Waals surface area contributed by atoms with E-state index in [1.165, 1.54) is 0 Å². The molecule has 0 saturated heterocycles. The lowest BCUT2D eigenvalue weighted by atomic mass is 10.0. The molecule has 2 aromatic heterocycles. The first kappa shape index (κ1) is 18.4. The van der Waals surface area contributed by atoms with Gasteiger partial charge in [0.25, 0.3) is 0 Å². The topological polar surface area (TPSA) is 82.2 Å². The van der Waals surface area contributed by atoms with E-state index in [0.29, 0.717) is 17.3 Å². The molecule has 150 valence electrons. The number of nitrogens with zero attached hydrogens (tertiary/aromatic N) is 3. The van der Waals surface area contributed by atoms with Crippen molar-refractivity contribution in [3.63, 3.8) is 0 Å². The summed E-state index contributed by atoms with van der Waals surface area (Å²) in [6.07, 6.45) is 1.74. The fraction of sp³-hybridized carbons (Fsp3) is 0.136. The molecule has 1 amide bonds. The molecule has 30 heavy (non-hydrogen) atoms. The highest BCUT2D eigenvalue weighted by Gasteiger charge is 2.23. The van der Waals surface area contributed by atoms with Crippen LogP contribution in [0.25, 0.3) is 22.5 Å². The minimum atomic E-state index is -0.268. The third kappa shape index (κ3) is 3.44. The van der Waals surface area contributed by atoms with Gasteiger partial charge in [-0.1, -0.05) is 40.5 Å². The lowest BCUT2D eigenvalue weighted by Crippen LogP contribution is -2.20. The van der Waals surface area contributed by atoms with E-state index in [4.69, 9.17) is 20.9 Å². The van der Waals surface area contributed by atoms with E-state index in [0.717, 1.165) is 33.7 Å². The van der Waals surface area contributed by atoms with Gasteiger partial charge in [-0.3, -0.25) is 14.8 Å². The molecule has 4 aromatic rings. The van der Waals surface area contributed by atoms with E-state index in [1.807, 2.05) is 37.3 Å². The lowest BCUT2D eigenvalue weighted by Gasteiger charge is -2.19. The molecule has 3 heterocycles. The van der Waals surface area contributed by atoms with Crippen LogP contribution < -0.4 is 10.1 Å². The number of aryl methyl sites for hydroxylation is 1. The zero-order valence-corrected chi connectivity index (χ0v) is 16.8. The normalized spacial score (nSPS) is 12.1. The Balaban J connectivity index is 1.35. The van der Waals surface area contributed by atoms with E-state index in [-0.39, 0.29) is 18.3 Å². The van der Waals surface area contributed by atoms with Crippen LogP contribution in [0.15, 0.2) is 59.3 Å². The van der Waals surface area contributed by atoms with Crippen molar-refractivity contribution < 1.29 is 14.1 Å². The maximum absolute atomic E-state index is 12.6. The Labute approximate surface area is 177 Å². The van der Waals surface area contributed by atoms with Gasteiger partial charge >= 0.3 is 0 Å². The number of hydrogen-bond acceptors (Lipinski definition) is 5. The molecule has 2 aromatic carbocycles. The molecule has 7 nitrogen and oxygen atoms in total.